The van der Waals surface area contributed by atoms with Crippen LogP contribution in [0.2, 0.25) is 0 Å². The topological polar surface area (TPSA) is 142 Å². The molecule has 0 aromatic rings. The Morgan fingerprint density at radius 2 is 1.13 bits per heavy atom. The Labute approximate surface area is 86.9 Å². The zero-order valence-corrected chi connectivity index (χ0v) is 8.14. The van der Waals surface area contributed by atoms with E-state index < -0.39 is 37.1 Å². The minimum absolute atomic E-state index is 0.167. The summed E-state index contributed by atoms with van der Waals surface area (Å²) in [5.74, 6) is 0. The molecule has 0 spiro atoms. The standard InChI is InChI=1S/C8H18O7/c9-2-1-4(11)6(13)8(15)7(14)5(12)3-10/h4-15H,1-3H2/t4?,5-,6-,7-,8-/m1/s1. The first-order chi connectivity index (χ1) is 6.95. The largest absolute Gasteiger partial charge is 0.396 e. The molecule has 1 unspecified atom stereocenters. The Balaban J connectivity index is 4.22. The fourth-order valence-corrected chi connectivity index (χ4v) is 1.07. The van der Waals surface area contributed by atoms with Crippen molar-refractivity contribution in [1.82, 2.24) is 0 Å². The first-order valence-electron chi connectivity index (χ1n) is 4.57. The Morgan fingerprint density at radius 1 is 0.667 bits per heavy atom. The van der Waals surface area contributed by atoms with Crippen LogP contribution in [0, 0.1) is 0 Å². The molecule has 0 amide bonds. The summed E-state index contributed by atoms with van der Waals surface area (Å²) in [5, 5.41) is 62.8. The minimum Gasteiger partial charge on any atom is -0.396 e. The van der Waals surface area contributed by atoms with Gasteiger partial charge in [0.25, 0.3) is 0 Å². The average molecular weight is 226 g/mol. The third-order valence-electron chi connectivity index (χ3n) is 2.10. The van der Waals surface area contributed by atoms with E-state index >= 15 is 0 Å². The van der Waals surface area contributed by atoms with Crippen LogP contribution in [0.1, 0.15) is 6.42 Å². The maximum Gasteiger partial charge on any atom is 0.111 e. The third-order valence-corrected chi connectivity index (χ3v) is 2.10. The molecule has 0 rings (SSSR count). The van der Waals surface area contributed by atoms with Gasteiger partial charge >= 0.3 is 0 Å². The van der Waals surface area contributed by atoms with E-state index in [1.54, 1.807) is 0 Å². The van der Waals surface area contributed by atoms with Gasteiger partial charge < -0.3 is 35.7 Å². The summed E-state index contributed by atoms with van der Waals surface area (Å²) < 4.78 is 0. The highest BCUT2D eigenvalue weighted by Gasteiger charge is 2.33. The molecule has 0 aliphatic rings. The summed E-state index contributed by atoms with van der Waals surface area (Å²) in [6.07, 6.45) is -8.44. The smallest absolute Gasteiger partial charge is 0.111 e. The first-order valence-corrected chi connectivity index (χ1v) is 4.57. The van der Waals surface area contributed by atoms with Crippen molar-refractivity contribution in [2.45, 2.75) is 36.9 Å². The van der Waals surface area contributed by atoms with Gasteiger partial charge in [-0.1, -0.05) is 0 Å². The normalized spacial score (nSPS) is 21.8. The van der Waals surface area contributed by atoms with Gasteiger partial charge in [0.2, 0.25) is 0 Å². The van der Waals surface area contributed by atoms with Crippen molar-refractivity contribution in [2.24, 2.45) is 0 Å². The van der Waals surface area contributed by atoms with Crippen LogP contribution in [-0.2, 0) is 0 Å². The molecule has 92 valence electrons. The molecule has 0 aliphatic heterocycles. The second kappa shape index (κ2) is 7.07. The lowest BCUT2D eigenvalue weighted by molar-refractivity contribution is -0.142. The number of rotatable bonds is 7. The zero-order valence-electron chi connectivity index (χ0n) is 8.14. The van der Waals surface area contributed by atoms with Crippen molar-refractivity contribution in [3.63, 3.8) is 0 Å². The monoisotopic (exact) mass is 226 g/mol. The molecule has 5 atom stereocenters. The Morgan fingerprint density at radius 3 is 1.53 bits per heavy atom. The summed E-state index contributed by atoms with van der Waals surface area (Å²) in [6.45, 7) is -1.16. The summed E-state index contributed by atoms with van der Waals surface area (Å²) in [6, 6.07) is 0. The predicted octanol–water partition coefficient (Wildman–Crippen LogP) is -3.83. The molecule has 0 saturated heterocycles. The van der Waals surface area contributed by atoms with Gasteiger partial charge in [-0.05, 0) is 6.42 Å². The van der Waals surface area contributed by atoms with Gasteiger partial charge in [-0.25, -0.2) is 0 Å². The van der Waals surface area contributed by atoms with Gasteiger partial charge in [0, 0.05) is 6.61 Å². The second-order valence-corrected chi connectivity index (χ2v) is 3.30. The molecule has 0 aromatic carbocycles. The molecule has 7 N–H and O–H groups in total. The van der Waals surface area contributed by atoms with E-state index in [0.717, 1.165) is 0 Å². The van der Waals surface area contributed by atoms with Crippen LogP contribution >= 0.6 is 0 Å². The van der Waals surface area contributed by atoms with E-state index in [9.17, 15) is 15.3 Å². The second-order valence-electron chi connectivity index (χ2n) is 3.30. The number of aliphatic hydroxyl groups is 7. The van der Waals surface area contributed by atoms with E-state index in [1.807, 2.05) is 0 Å². The highest BCUT2D eigenvalue weighted by atomic mass is 16.4. The van der Waals surface area contributed by atoms with Crippen molar-refractivity contribution >= 4 is 0 Å². The molecule has 0 fully saturated rings. The first kappa shape index (κ1) is 14.7. The van der Waals surface area contributed by atoms with E-state index in [1.165, 1.54) is 0 Å². The lowest BCUT2D eigenvalue weighted by Crippen LogP contribution is -2.50. The molecule has 0 aliphatic carbocycles. The molecule has 7 heteroatoms. The molecule has 0 heterocycles. The van der Waals surface area contributed by atoms with Crippen LogP contribution in [0.3, 0.4) is 0 Å². The molecule has 7 nitrogen and oxygen atoms in total. The van der Waals surface area contributed by atoms with Gasteiger partial charge in [-0.15, -0.1) is 0 Å². The summed E-state index contributed by atoms with van der Waals surface area (Å²) >= 11 is 0. The fraction of sp³-hybridized carbons (Fsp3) is 1.00. The zero-order chi connectivity index (χ0) is 12.0. The van der Waals surface area contributed by atoms with Crippen molar-refractivity contribution in [3.8, 4) is 0 Å². The van der Waals surface area contributed by atoms with Crippen LogP contribution in [0.15, 0.2) is 0 Å². The van der Waals surface area contributed by atoms with E-state index in [0.29, 0.717) is 0 Å². The maximum atomic E-state index is 9.27. The molecule has 0 aromatic heterocycles. The van der Waals surface area contributed by atoms with Gasteiger partial charge in [-0.2, -0.15) is 0 Å². The van der Waals surface area contributed by atoms with Crippen molar-refractivity contribution in [1.29, 1.82) is 0 Å². The molecule has 15 heavy (non-hydrogen) atoms. The van der Waals surface area contributed by atoms with Crippen molar-refractivity contribution in [2.75, 3.05) is 13.2 Å². The van der Waals surface area contributed by atoms with Crippen molar-refractivity contribution in [3.05, 3.63) is 0 Å². The SMILES string of the molecule is OCCC(O)[C@@H](O)[C@@H](O)[C@H](O)[C@H](O)CO. The fourth-order valence-electron chi connectivity index (χ4n) is 1.07. The van der Waals surface area contributed by atoms with E-state index in [-0.39, 0.29) is 13.0 Å². The molecule has 0 bridgehead atoms. The van der Waals surface area contributed by atoms with Crippen LogP contribution in [-0.4, -0.2) is 79.5 Å². The number of hydrogen-bond donors (Lipinski definition) is 7. The number of aliphatic hydroxyl groups excluding tert-OH is 7. The maximum absolute atomic E-state index is 9.27. The van der Waals surface area contributed by atoms with Gasteiger partial charge in [0.05, 0.1) is 12.7 Å². The highest BCUT2D eigenvalue weighted by molar-refractivity contribution is 4.84. The van der Waals surface area contributed by atoms with Crippen LogP contribution in [0.5, 0.6) is 0 Å². The lowest BCUT2D eigenvalue weighted by atomic mass is 9.98. The highest BCUT2D eigenvalue weighted by Crippen LogP contribution is 2.10. The van der Waals surface area contributed by atoms with Crippen LogP contribution < -0.4 is 0 Å². The van der Waals surface area contributed by atoms with Crippen molar-refractivity contribution < 1.29 is 35.7 Å². The Bertz CT molecular complexity index is 165. The number of hydrogen-bond acceptors (Lipinski definition) is 7. The molecular weight excluding hydrogens is 208 g/mol. The lowest BCUT2D eigenvalue weighted by Gasteiger charge is -2.28. The van der Waals surface area contributed by atoms with Gasteiger partial charge in [0.15, 0.2) is 0 Å². The summed E-state index contributed by atoms with van der Waals surface area (Å²) in [7, 11) is 0. The van der Waals surface area contributed by atoms with Gasteiger partial charge in [-0.3, -0.25) is 0 Å². The Kier molecular flexibility index (Phi) is 6.94. The quantitative estimate of drug-likeness (QED) is 0.236. The molecular formula is C8H18O7. The minimum atomic E-state index is -1.80. The van der Waals surface area contributed by atoms with E-state index in [2.05, 4.69) is 0 Å². The van der Waals surface area contributed by atoms with Crippen LogP contribution in [0.4, 0.5) is 0 Å². The summed E-state index contributed by atoms with van der Waals surface area (Å²) in [5.41, 5.74) is 0. The van der Waals surface area contributed by atoms with Gasteiger partial charge in [0.1, 0.15) is 24.4 Å². The average Bonchev–Trinajstić information content (AvgIpc) is 2.25. The molecule has 0 radical (unpaired) electrons. The van der Waals surface area contributed by atoms with Crippen LogP contribution in [0.25, 0.3) is 0 Å². The molecule has 0 saturated carbocycles. The summed E-state index contributed by atoms with van der Waals surface area (Å²) in [4.78, 5) is 0. The third kappa shape index (κ3) is 4.39. The Hall–Kier alpha value is -0.280. The predicted molar refractivity (Wildman–Crippen MR) is 48.8 cm³/mol. The van der Waals surface area contributed by atoms with E-state index in [4.69, 9.17) is 20.4 Å².